The summed E-state index contributed by atoms with van der Waals surface area (Å²) in [4.78, 5) is 21.5. The molecule has 1 atom stereocenters. The maximum absolute atomic E-state index is 11.0. The Morgan fingerprint density at radius 1 is 1.47 bits per heavy atom. The standard InChI is InChI=1S/C11H19NO5/c1-8(2)11(16)17-7-9(13)5-12(3,4)6-10(14)15/h9,13H,1,5-7H2,2-4H3. The second-order valence-electron chi connectivity index (χ2n) is 4.68. The third-order valence-electron chi connectivity index (χ3n) is 2.02. The third-order valence-corrected chi connectivity index (χ3v) is 2.02. The highest BCUT2D eigenvalue weighted by atomic mass is 16.5. The second-order valence-corrected chi connectivity index (χ2v) is 4.68. The van der Waals surface area contributed by atoms with Gasteiger partial charge in [-0.1, -0.05) is 6.58 Å². The van der Waals surface area contributed by atoms with Crippen LogP contribution < -0.4 is 5.11 Å². The molecule has 0 aliphatic heterocycles. The molecule has 17 heavy (non-hydrogen) atoms. The maximum atomic E-state index is 11.0. The van der Waals surface area contributed by atoms with Crippen LogP contribution >= 0.6 is 0 Å². The van der Waals surface area contributed by atoms with Crippen molar-refractivity contribution in [1.29, 1.82) is 0 Å². The number of nitrogens with zero attached hydrogens (tertiary/aromatic N) is 1. The van der Waals surface area contributed by atoms with Gasteiger partial charge in [0, 0.05) is 5.57 Å². The monoisotopic (exact) mass is 245 g/mol. The van der Waals surface area contributed by atoms with Gasteiger partial charge >= 0.3 is 5.97 Å². The minimum atomic E-state index is -1.19. The molecule has 0 heterocycles. The first-order valence-electron chi connectivity index (χ1n) is 5.16. The molecule has 1 N–H and O–H groups in total. The van der Waals surface area contributed by atoms with Crippen LogP contribution in [0.4, 0.5) is 0 Å². The summed E-state index contributed by atoms with van der Waals surface area (Å²) >= 11 is 0. The first-order valence-corrected chi connectivity index (χ1v) is 5.16. The number of likely N-dealkylation sites (N-methyl/N-ethyl adjacent to an activating group) is 1. The lowest BCUT2D eigenvalue weighted by molar-refractivity contribution is -0.887. The molecule has 0 aromatic carbocycles. The van der Waals surface area contributed by atoms with Crippen molar-refractivity contribution in [3.05, 3.63) is 12.2 Å². The van der Waals surface area contributed by atoms with Crippen molar-refractivity contribution in [2.75, 3.05) is 33.8 Å². The molecule has 98 valence electrons. The summed E-state index contributed by atoms with van der Waals surface area (Å²) in [6.45, 7) is 4.66. The number of carbonyl (C=O) groups excluding carboxylic acids is 2. The molecule has 6 heteroatoms. The summed E-state index contributed by atoms with van der Waals surface area (Å²) in [6, 6.07) is 0. The predicted molar refractivity (Wildman–Crippen MR) is 58.6 cm³/mol. The van der Waals surface area contributed by atoms with Crippen LogP contribution in [-0.2, 0) is 14.3 Å². The van der Waals surface area contributed by atoms with E-state index in [2.05, 4.69) is 6.58 Å². The molecule has 1 unspecified atom stereocenters. The average molecular weight is 245 g/mol. The molecule has 0 saturated heterocycles. The number of carboxylic acid groups (broad SMARTS) is 1. The third kappa shape index (κ3) is 7.48. The molecule has 0 fully saturated rings. The fourth-order valence-electron chi connectivity index (χ4n) is 1.33. The SMILES string of the molecule is C=C(C)C(=O)OCC(O)C[N+](C)(C)CC(=O)[O-]. The predicted octanol–water partition coefficient (Wildman–Crippen LogP) is -1.71. The number of carboxylic acids is 1. The molecule has 0 aliphatic carbocycles. The largest absolute Gasteiger partial charge is 0.544 e. The number of esters is 1. The lowest BCUT2D eigenvalue weighted by Gasteiger charge is -2.31. The van der Waals surface area contributed by atoms with Gasteiger partial charge in [0.2, 0.25) is 0 Å². The Morgan fingerprint density at radius 2 is 2.00 bits per heavy atom. The van der Waals surface area contributed by atoms with Gasteiger partial charge in [-0.25, -0.2) is 4.79 Å². The van der Waals surface area contributed by atoms with Crippen LogP contribution in [0.25, 0.3) is 0 Å². The smallest absolute Gasteiger partial charge is 0.333 e. The first-order chi connectivity index (χ1) is 7.64. The number of ether oxygens (including phenoxy) is 1. The van der Waals surface area contributed by atoms with Gasteiger partial charge in [0.05, 0.1) is 20.1 Å². The average Bonchev–Trinajstić information content (AvgIpc) is 2.10. The molecule has 0 rings (SSSR count). The van der Waals surface area contributed by atoms with E-state index < -0.39 is 18.0 Å². The van der Waals surface area contributed by atoms with Crippen molar-refractivity contribution in [3.63, 3.8) is 0 Å². The van der Waals surface area contributed by atoms with Crippen LogP contribution in [0.1, 0.15) is 6.92 Å². The van der Waals surface area contributed by atoms with Gasteiger partial charge in [-0.05, 0) is 6.92 Å². The van der Waals surface area contributed by atoms with Crippen LogP contribution in [0.5, 0.6) is 0 Å². The van der Waals surface area contributed by atoms with Crippen LogP contribution in [0.2, 0.25) is 0 Å². The van der Waals surface area contributed by atoms with E-state index >= 15 is 0 Å². The molecular weight excluding hydrogens is 226 g/mol. The van der Waals surface area contributed by atoms with Crippen molar-refractivity contribution in [3.8, 4) is 0 Å². The number of aliphatic hydroxyl groups excluding tert-OH is 1. The first kappa shape index (κ1) is 15.6. The molecule has 0 spiro atoms. The number of aliphatic hydroxyl groups is 1. The fraction of sp³-hybridized carbons (Fsp3) is 0.636. The molecular formula is C11H19NO5. The number of quaternary nitrogens is 1. The lowest BCUT2D eigenvalue weighted by atomic mass is 10.3. The summed E-state index contributed by atoms with van der Waals surface area (Å²) in [5.41, 5.74) is 0.251. The zero-order valence-corrected chi connectivity index (χ0v) is 10.4. The van der Waals surface area contributed by atoms with E-state index in [4.69, 9.17) is 4.74 Å². The van der Waals surface area contributed by atoms with Crippen molar-refractivity contribution in [1.82, 2.24) is 0 Å². The molecule has 0 radical (unpaired) electrons. The summed E-state index contributed by atoms with van der Waals surface area (Å²) in [7, 11) is 3.28. The van der Waals surface area contributed by atoms with Gasteiger partial charge in [-0.2, -0.15) is 0 Å². The van der Waals surface area contributed by atoms with Crippen molar-refractivity contribution < 1.29 is 29.0 Å². The summed E-state index contributed by atoms with van der Waals surface area (Å²) in [5.74, 6) is -1.77. The molecule has 0 aromatic rings. The molecule has 0 saturated carbocycles. The normalized spacial score (nSPS) is 12.9. The van der Waals surface area contributed by atoms with E-state index in [1.54, 1.807) is 14.1 Å². The number of hydrogen-bond acceptors (Lipinski definition) is 5. The van der Waals surface area contributed by atoms with Gasteiger partial charge in [-0.15, -0.1) is 0 Å². The zero-order valence-electron chi connectivity index (χ0n) is 10.4. The van der Waals surface area contributed by atoms with Gasteiger partial charge in [0.25, 0.3) is 0 Å². The Bertz CT molecular complexity index is 311. The number of rotatable bonds is 7. The van der Waals surface area contributed by atoms with Gasteiger partial charge in [0.1, 0.15) is 25.8 Å². The van der Waals surface area contributed by atoms with Crippen LogP contribution in [-0.4, -0.2) is 61.4 Å². The van der Waals surface area contributed by atoms with Crippen molar-refractivity contribution >= 4 is 11.9 Å². The van der Waals surface area contributed by atoms with Gasteiger partial charge in [-0.3, -0.25) is 0 Å². The van der Waals surface area contributed by atoms with Crippen LogP contribution in [0.3, 0.4) is 0 Å². The summed E-state index contributed by atoms with van der Waals surface area (Å²) in [6.07, 6.45) is -0.923. The highest BCUT2D eigenvalue weighted by Gasteiger charge is 2.21. The van der Waals surface area contributed by atoms with E-state index in [1.807, 2.05) is 0 Å². The molecule has 0 amide bonds. The summed E-state index contributed by atoms with van der Waals surface area (Å²) < 4.78 is 4.80. The van der Waals surface area contributed by atoms with E-state index in [0.29, 0.717) is 0 Å². The van der Waals surface area contributed by atoms with Crippen LogP contribution in [0, 0.1) is 0 Å². The highest BCUT2D eigenvalue weighted by molar-refractivity contribution is 5.86. The minimum Gasteiger partial charge on any atom is -0.544 e. The molecule has 6 nitrogen and oxygen atoms in total. The Kier molecular flexibility index (Phi) is 5.84. The quantitative estimate of drug-likeness (QED) is 0.328. The molecule has 0 aliphatic rings. The van der Waals surface area contributed by atoms with Crippen molar-refractivity contribution in [2.24, 2.45) is 0 Å². The number of aliphatic carboxylic acids is 1. The van der Waals surface area contributed by atoms with E-state index in [0.717, 1.165) is 0 Å². The minimum absolute atomic E-state index is 0.0497. The maximum Gasteiger partial charge on any atom is 0.333 e. The molecule has 0 aromatic heterocycles. The van der Waals surface area contributed by atoms with E-state index in [-0.39, 0.29) is 29.8 Å². The molecule has 0 bridgehead atoms. The Morgan fingerprint density at radius 3 is 2.41 bits per heavy atom. The zero-order chi connectivity index (χ0) is 13.6. The van der Waals surface area contributed by atoms with Gasteiger partial charge in [0.15, 0.2) is 0 Å². The Hall–Kier alpha value is -1.40. The Labute approximate surface area is 101 Å². The number of carbonyl (C=O) groups is 2. The summed E-state index contributed by atoms with van der Waals surface area (Å²) in [5, 5.41) is 20.0. The van der Waals surface area contributed by atoms with E-state index in [1.165, 1.54) is 6.92 Å². The van der Waals surface area contributed by atoms with Crippen molar-refractivity contribution in [2.45, 2.75) is 13.0 Å². The second kappa shape index (κ2) is 6.36. The topological polar surface area (TPSA) is 86.7 Å². The van der Waals surface area contributed by atoms with E-state index in [9.17, 15) is 19.8 Å². The fourth-order valence-corrected chi connectivity index (χ4v) is 1.33. The van der Waals surface area contributed by atoms with Gasteiger partial charge < -0.3 is 24.2 Å². The van der Waals surface area contributed by atoms with Crippen LogP contribution in [0.15, 0.2) is 12.2 Å². The Balaban J connectivity index is 4.09. The highest BCUT2D eigenvalue weighted by Crippen LogP contribution is 2.01. The number of hydrogen-bond donors (Lipinski definition) is 1. The lowest BCUT2D eigenvalue weighted by Crippen LogP contribution is -2.52.